The summed E-state index contributed by atoms with van der Waals surface area (Å²) in [5.41, 5.74) is 1.24. The van der Waals surface area contributed by atoms with Crippen molar-refractivity contribution in [1.82, 2.24) is 19.5 Å². The number of rotatable bonds is 2. The Hall–Kier alpha value is -1.95. The van der Waals surface area contributed by atoms with E-state index >= 15 is 0 Å². The lowest BCUT2D eigenvalue weighted by atomic mass is 10.0. The molecule has 0 aromatic carbocycles. The highest BCUT2D eigenvalue weighted by molar-refractivity contribution is 5.89. The zero-order valence-corrected chi connectivity index (χ0v) is 11.7. The van der Waals surface area contributed by atoms with E-state index in [9.17, 15) is 4.79 Å². The number of fused-ring (bicyclic) bond motifs is 1. The van der Waals surface area contributed by atoms with Crippen LogP contribution >= 0.6 is 0 Å². The minimum atomic E-state index is -0.362. The molecule has 0 spiro atoms. The highest BCUT2D eigenvalue weighted by Gasteiger charge is 2.24. The van der Waals surface area contributed by atoms with Crippen LogP contribution in [0, 0.1) is 0 Å². The Bertz CT molecular complexity index is 637. The molecule has 1 fully saturated rings. The van der Waals surface area contributed by atoms with Gasteiger partial charge in [-0.15, -0.1) is 5.10 Å². The number of carbonyl (C=O) groups excluding carboxylic acids is 1. The zero-order valence-electron chi connectivity index (χ0n) is 11.7. The number of likely N-dealkylation sites (tertiary alicyclic amines) is 1. The summed E-state index contributed by atoms with van der Waals surface area (Å²) in [6.07, 6.45) is 5.18. The molecular formula is C14H18N4O2. The van der Waals surface area contributed by atoms with Crippen LogP contribution in [0.3, 0.4) is 0 Å². The van der Waals surface area contributed by atoms with Gasteiger partial charge in [0.25, 0.3) is 0 Å². The quantitative estimate of drug-likeness (QED) is 0.780. The van der Waals surface area contributed by atoms with Gasteiger partial charge in [-0.25, -0.2) is 14.3 Å². The van der Waals surface area contributed by atoms with Crippen molar-refractivity contribution < 1.29 is 9.53 Å². The predicted molar refractivity (Wildman–Crippen MR) is 73.5 cm³/mol. The number of nitrogens with zero attached hydrogens (tertiary/aromatic N) is 4. The molecule has 2 aromatic heterocycles. The molecule has 0 amide bonds. The molecule has 6 nitrogen and oxygen atoms in total. The lowest BCUT2D eigenvalue weighted by molar-refractivity contribution is 0.0600. The molecule has 1 unspecified atom stereocenters. The van der Waals surface area contributed by atoms with Crippen LogP contribution in [0.1, 0.15) is 41.5 Å². The monoisotopic (exact) mass is 274 g/mol. The summed E-state index contributed by atoms with van der Waals surface area (Å²) in [6.45, 7) is 1.08. The van der Waals surface area contributed by atoms with E-state index < -0.39 is 0 Å². The van der Waals surface area contributed by atoms with E-state index in [0.29, 0.717) is 5.56 Å². The number of esters is 1. The van der Waals surface area contributed by atoms with Crippen molar-refractivity contribution in [3.63, 3.8) is 0 Å². The third kappa shape index (κ3) is 2.27. The van der Waals surface area contributed by atoms with Gasteiger partial charge in [0, 0.05) is 6.20 Å². The van der Waals surface area contributed by atoms with E-state index in [1.54, 1.807) is 22.8 Å². The molecule has 106 valence electrons. The average molecular weight is 274 g/mol. The molecule has 0 radical (unpaired) electrons. The largest absolute Gasteiger partial charge is 0.465 e. The van der Waals surface area contributed by atoms with Crippen LogP contribution in [0.5, 0.6) is 0 Å². The normalized spacial score (nSPS) is 20.2. The van der Waals surface area contributed by atoms with Crippen molar-refractivity contribution in [3.8, 4) is 0 Å². The first-order valence-electron chi connectivity index (χ1n) is 6.84. The van der Waals surface area contributed by atoms with Crippen LogP contribution in [-0.2, 0) is 4.74 Å². The standard InChI is InChI=1S/C14H18N4O2/c1-17-8-4-3-5-11(17)13-15-12-7-6-10(14(19)20-2)9-18(12)16-13/h6-7,9,11H,3-5,8H2,1-2H3. The maximum atomic E-state index is 11.5. The van der Waals surface area contributed by atoms with Crippen LogP contribution in [0.4, 0.5) is 0 Å². The van der Waals surface area contributed by atoms with Crippen molar-refractivity contribution >= 4 is 11.6 Å². The number of hydrogen-bond acceptors (Lipinski definition) is 5. The maximum Gasteiger partial charge on any atom is 0.339 e. The number of carbonyl (C=O) groups is 1. The van der Waals surface area contributed by atoms with Crippen molar-refractivity contribution in [2.45, 2.75) is 25.3 Å². The van der Waals surface area contributed by atoms with Gasteiger partial charge in [0.05, 0.1) is 18.7 Å². The Morgan fingerprint density at radius 3 is 3.00 bits per heavy atom. The fraction of sp³-hybridized carbons (Fsp3) is 0.500. The van der Waals surface area contributed by atoms with Crippen molar-refractivity contribution in [2.24, 2.45) is 0 Å². The second-order valence-electron chi connectivity index (χ2n) is 5.17. The van der Waals surface area contributed by atoms with Gasteiger partial charge >= 0.3 is 5.97 Å². The Morgan fingerprint density at radius 2 is 2.25 bits per heavy atom. The first-order chi connectivity index (χ1) is 9.69. The number of piperidine rings is 1. The second kappa shape index (κ2) is 5.20. The number of pyridine rings is 1. The molecule has 20 heavy (non-hydrogen) atoms. The second-order valence-corrected chi connectivity index (χ2v) is 5.17. The first-order valence-corrected chi connectivity index (χ1v) is 6.84. The first kappa shape index (κ1) is 13.1. The topological polar surface area (TPSA) is 59.7 Å². The molecule has 0 bridgehead atoms. The Balaban J connectivity index is 1.95. The number of methoxy groups -OCH3 is 1. The summed E-state index contributed by atoms with van der Waals surface area (Å²) in [5, 5.41) is 4.52. The van der Waals surface area contributed by atoms with Gasteiger partial charge in [-0.3, -0.25) is 4.90 Å². The molecule has 6 heteroatoms. The molecule has 1 atom stereocenters. The number of hydrogen-bond donors (Lipinski definition) is 0. The summed E-state index contributed by atoms with van der Waals surface area (Å²) in [6, 6.07) is 3.78. The van der Waals surface area contributed by atoms with Gasteiger partial charge in [0.2, 0.25) is 0 Å². The van der Waals surface area contributed by atoms with Gasteiger partial charge < -0.3 is 4.74 Å². The van der Waals surface area contributed by atoms with Gasteiger partial charge in [0.1, 0.15) is 0 Å². The van der Waals surface area contributed by atoms with Gasteiger partial charge in [-0.1, -0.05) is 6.42 Å². The van der Waals surface area contributed by atoms with Gasteiger partial charge in [0.15, 0.2) is 11.5 Å². The zero-order chi connectivity index (χ0) is 14.1. The third-order valence-corrected chi connectivity index (χ3v) is 3.84. The van der Waals surface area contributed by atoms with Crippen LogP contribution in [-0.4, -0.2) is 46.2 Å². The SMILES string of the molecule is COC(=O)c1ccc2nc(C3CCCCN3C)nn2c1. The molecule has 1 aliphatic heterocycles. The predicted octanol–water partition coefficient (Wildman–Crippen LogP) is 1.67. The highest BCUT2D eigenvalue weighted by Crippen LogP contribution is 2.27. The lowest BCUT2D eigenvalue weighted by Crippen LogP contribution is -2.30. The molecule has 1 saturated heterocycles. The van der Waals surface area contributed by atoms with E-state index in [-0.39, 0.29) is 12.0 Å². The Morgan fingerprint density at radius 1 is 1.40 bits per heavy atom. The molecule has 3 heterocycles. The summed E-state index contributed by atoms with van der Waals surface area (Å²) in [5.74, 6) is 0.466. The van der Waals surface area contributed by atoms with Crippen LogP contribution < -0.4 is 0 Å². The van der Waals surface area contributed by atoms with Crippen LogP contribution in [0.25, 0.3) is 5.65 Å². The van der Waals surface area contributed by atoms with Crippen molar-refractivity contribution in [1.29, 1.82) is 0 Å². The minimum Gasteiger partial charge on any atom is -0.465 e. The molecule has 3 rings (SSSR count). The maximum absolute atomic E-state index is 11.5. The fourth-order valence-electron chi connectivity index (χ4n) is 2.68. The van der Waals surface area contributed by atoms with Crippen molar-refractivity contribution in [3.05, 3.63) is 29.7 Å². The smallest absolute Gasteiger partial charge is 0.339 e. The Labute approximate surface area is 117 Å². The van der Waals surface area contributed by atoms with Gasteiger partial charge in [-0.05, 0) is 38.6 Å². The molecule has 0 N–H and O–H groups in total. The van der Waals surface area contributed by atoms with E-state index in [1.807, 2.05) is 0 Å². The minimum absolute atomic E-state index is 0.269. The van der Waals surface area contributed by atoms with E-state index in [0.717, 1.165) is 24.4 Å². The highest BCUT2D eigenvalue weighted by atomic mass is 16.5. The summed E-state index contributed by atoms with van der Waals surface area (Å²) in [4.78, 5) is 18.4. The van der Waals surface area contributed by atoms with Gasteiger partial charge in [-0.2, -0.15) is 0 Å². The molecule has 2 aromatic rings. The molecule has 1 aliphatic rings. The van der Waals surface area contributed by atoms with E-state index in [2.05, 4.69) is 22.0 Å². The Kier molecular flexibility index (Phi) is 3.40. The summed E-state index contributed by atoms with van der Waals surface area (Å²) >= 11 is 0. The molecule has 0 aliphatic carbocycles. The van der Waals surface area contributed by atoms with E-state index in [1.165, 1.54) is 20.0 Å². The molecule has 0 saturated carbocycles. The van der Waals surface area contributed by atoms with Crippen LogP contribution in [0.15, 0.2) is 18.3 Å². The summed E-state index contributed by atoms with van der Waals surface area (Å²) < 4.78 is 6.37. The molecular weight excluding hydrogens is 256 g/mol. The van der Waals surface area contributed by atoms with Crippen molar-refractivity contribution in [2.75, 3.05) is 20.7 Å². The average Bonchev–Trinajstić information content (AvgIpc) is 2.89. The fourth-order valence-corrected chi connectivity index (χ4v) is 2.68. The van der Waals surface area contributed by atoms with Crippen LogP contribution in [0.2, 0.25) is 0 Å². The van der Waals surface area contributed by atoms with E-state index in [4.69, 9.17) is 4.74 Å². The third-order valence-electron chi connectivity index (χ3n) is 3.84. The number of ether oxygens (including phenoxy) is 1. The number of aromatic nitrogens is 3. The summed E-state index contributed by atoms with van der Waals surface area (Å²) in [7, 11) is 3.48. The lowest BCUT2D eigenvalue weighted by Gasteiger charge is -2.30.